The fourth-order valence-electron chi connectivity index (χ4n) is 7.53. The number of non-ortho nitro benzene ring substituents is 1. The molecule has 2 N–H and O–H groups in total. The molecule has 3 atom stereocenters. The molecule has 0 aromatic heterocycles. The van der Waals surface area contributed by atoms with E-state index in [1.54, 1.807) is 9.80 Å². The topological polar surface area (TPSA) is 162 Å². The zero-order valence-electron chi connectivity index (χ0n) is 28.0. The fourth-order valence-corrected chi connectivity index (χ4v) is 9.53. The van der Waals surface area contributed by atoms with E-state index in [-0.39, 0.29) is 42.0 Å². The van der Waals surface area contributed by atoms with Crippen LogP contribution < -0.4 is 15.1 Å². The molecule has 3 fully saturated rings. The molecule has 3 aromatic carbocycles. The van der Waals surface area contributed by atoms with Crippen LogP contribution in [0.15, 0.2) is 48.5 Å². The molecule has 51 heavy (non-hydrogen) atoms. The van der Waals surface area contributed by atoms with Crippen molar-refractivity contribution >= 4 is 48.5 Å². The van der Waals surface area contributed by atoms with E-state index in [9.17, 15) is 34.9 Å². The summed E-state index contributed by atoms with van der Waals surface area (Å²) in [5.41, 5.74) is -0.994. The standard InChI is InChI=1S/C34H37F3N6O7Si/c1-51(2)14-12-39(13-15-51)32-25(36)16-22(17-26(32)37)41-28(20-5-7-21(8-6-20)42(47)48)9-10-29(41)23-18-31(43(49)50)27(19-24(23)35)38-33(44)30-4-3-11-40(30)34(45)46/h5-8,16-19,28-30H,3-4,9-15H2,1-2H3,(H,38,44)(H,45,46)/t28-,29-,30+/m1/s1. The largest absolute Gasteiger partial charge is 0.465 e. The van der Waals surface area contributed by atoms with Gasteiger partial charge in [0.15, 0.2) is 11.6 Å². The van der Waals surface area contributed by atoms with E-state index in [0.29, 0.717) is 31.5 Å². The van der Waals surface area contributed by atoms with Crippen LogP contribution in [0.1, 0.15) is 48.9 Å². The predicted octanol–water partition coefficient (Wildman–Crippen LogP) is 7.61. The van der Waals surface area contributed by atoms with Crippen molar-refractivity contribution in [3.8, 4) is 0 Å². The Kier molecular flexibility index (Phi) is 9.67. The van der Waals surface area contributed by atoms with Gasteiger partial charge >= 0.3 is 6.09 Å². The van der Waals surface area contributed by atoms with Gasteiger partial charge in [-0.3, -0.25) is 29.9 Å². The lowest BCUT2D eigenvalue weighted by molar-refractivity contribution is -0.384. The molecule has 270 valence electrons. The molecule has 0 unspecified atom stereocenters. The molecule has 3 aromatic rings. The monoisotopic (exact) mass is 726 g/mol. The molecule has 3 aliphatic rings. The Morgan fingerprint density at radius 3 is 2.08 bits per heavy atom. The number of anilines is 3. The van der Waals surface area contributed by atoms with Gasteiger partial charge in [-0.15, -0.1) is 0 Å². The minimum absolute atomic E-state index is 0.0562. The molecule has 0 saturated carbocycles. The number of carbonyl (C=O) groups excluding carboxylic acids is 1. The van der Waals surface area contributed by atoms with E-state index >= 15 is 13.2 Å². The highest BCUT2D eigenvalue weighted by Crippen LogP contribution is 2.50. The van der Waals surface area contributed by atoms with Crippen molar-refractivity contribution < 1.29 is 37.7 Å². The number of halogens is 3. The molecular weight excluding hydrogens is 689 g/mol. The number of hydrogen-bond donors (Lipinski definition) is 2. The summed E-state index contributed by atoms with van der Waals surface area (Å²) in [6, 6.07) is 8.75. The highest BCUT2D eigenvalue weighted by atomic mass is 28.3. The fraction of sp³-hybridized carbons (Fsp3) is 0.412. The van der Waals surface area contributed by atoms with E-state index in [0.717, 1.165) is 29.1 Å². The van der Waals surface area contributed by atoms with E-state index in [1.165, 1.54) is 36.4 Å². The van der Waals surface area contributed by atoms with Crippen LogP contribution in [-0.2, 0) is 4.79 Å². The van der Waals surface area contributed by atoms with Crippen LogP contribution in [0.3, 0.4) is 0 Å². The molecule has 0 aliphatic carbocycles. The molecular formula is C34H37F3N6O7Si. The summed E-state index contributed by atoms with van der Waals surface area (Å²) in [6.07, 6.45) is -0.231. The first-order chi connectivity index (χ1) is 24.1. The van der Waals surface area contributed by atoms with Crippen molar-refractivity contribution in [2.75, 3.05) is 34.8 Å². The molecule has 2 amide bonds. The number of nitro groups is 2. The van der Waals surface area contributed by atoms with Crippen LogP contribution >= 0.6 is 0 Å². The van der Waals surface area contributed by atoms with E-state index in [1.807, 2.05) is 0 Å². The molecule has 3 heterocycles. The first-order valence-corrected chi connectivity index (χ1v) is 20.1. The van der Waals surface area contributed by atoms with Gasteiger partial charge in [-0.25, -0.2) is 18.0 Å². The van der Waals surface area contributed by atoms with Crippen molar-refractivity contribution in [2.24, 2.45) is 0 Å². The van der Waals surface area contributed by atoms with Crippen molar-refractivity contribution in [1.82, 2.24) is 4.90 Å². The average Bonchev–Trinajstić information content (AvgIpc) is 3.74. The van der Waals surface area contributed by atoms with Crippen LogP contribution in [0.25, 0.3) is 0 Å². The predicted molar refractivity (Wildman–Crippen MR) is 185 cm³/mol. The van der Waals surface area contributed by atoms with Crippen molar-refractivity contribution in [1.29, 1.82) is 0 Å². The number of benzene rings is 3. The van der Waals surface area contributed by atoms with E-state index in [4.69, 9.17) is 0 Å². The normalized spacial score (nSPS) is 21.5. The Labute approximate surface area is 291 Å². The highest BCUT2D eigenvalue weighted by molar-refractivity contribution is 6.77. The lowest BCUT2D eigenvalue weighted by atomic mass is 10.0. The van der Waals surface area contributed by atoms with E-state index in [2.05, 4.69) is 18.4 Å². The lowest BCUT2D eigenvalue weighted by Gasteiger charge is -2.38. The average molecular weight is 727 g/mol. The second-order valence-corrected chi connectivity index (χ2v) is 19.4. The Hall–Kier alpha value is -5.19. The first kappa shape index (κ1) is 35.6. The summed E-state index contributed by atoms with van der Waals surface area (Å²) in [4.78, 5) is 51.0. The number of amides is 2. The van der Waals surface area contributed by atoms with Gasteiger partial charge in [-0.05, 0) is 55.5 Å². The van der Waals surface area contributed by atoms with Crippen molar-refractivity contribution in [2.45, 2.75) is 69.0 Å². The lowest BCUT2D eigenvalue weighted by Crippen LogP contribution is -2.43. The minimum Gasteiger partial charge on any atom is -0.465 e. The smallest absolute Gasteiger partial charge is 0.407 e. The quantitative estimate of drug-likeness (QED) is 0.135. The molecule has 3 saturated heterocycles. The molecule has 17 heteroatoms. The number of nitrogens with one attached hydrogen (secondary N) is 1. The van der Waals surface area contributed by atoms with Crippen LogP contribution in [-0.4, -0.2) is 65.6 Å². The Bertz CT molecular complexity index is 1870. The van der Waals surface area contributed by atoms with Crippen LogP contribution in [0.4, 0.5) is 46.4 Å². The Morgan fingerprint density at radius 1 is 0.863 bits per heavy atom. The van der Waals surface area contributed by atoms with Gasteiger partial charge in [-0.2, -0.15) is 0 Å². The van der Waals surface area contributed by atoms with Gasteiger partial charge < -0.3 is 20.2 Å². The van der Waals surface area contributed by atoms with Crippen molar-refractivity contribution in [3.63, 3.8) is 0 Å². The summed E-state index contributed by atoms with van der Waals surface area (Å²) >= 11 is 0. The zero-order chi connectivity index (χ0) is 36.8. The number of likely N-dealkylation sites (tertiary alicyclic amines) is 1. The van der Waals surface area contributed by atoms with Gasteiger partial charge in [0, 0.05) is 55.2 Å². The second kappa shape index (κ2) is 13.8. The molecule has 0 radical (unpaired) electrons. The maximum atomic E-state index is 16.1. The van der Waals surface area contributed by atoms with Gasteiger partial charge in [0.1, 0.15) is 23.2 Å². The summed E-state index contributed by atoms with van der Waals surface area (Å²) in [5, 5.41) is 35.4. The maximum Gasteiger partial charge on any atom is 0.407 e. The Balaban J connectivity index is 1.39. The zero-order valence-corrected chi connectivity index (χ0v) is 29.0. The first-order valence-electron chi connectivity index (χ1n) is 16.7. The third-order valence-corrected chi connectivity index (χ3v) is 13.5. The number of hydrogen-bond acceptors (Lipinski definition) is 8. The number of nitrogens with zero attached hydrogens (tertiary/aromatic N) is 5. The van der Waals surface area contributed by atoms with Gasteiger partial charge in [0.2, 0.25) is 5.91 Å². The summed E-state index contributed by atoms with van der Waals surface area (Å²) in [6.45, 7) is 5.60. The third kappa shape index (κ3) is 7.06. The van der Waals surface area contributed by atoms with Gasteiger partial charge in [-0.1, -0.05) is 25.2 Å². The molecule has 6 rings (SSSR count). The molecule has 0 bridgehead atoms. The number of carboxylic acid groups (broad SMARTS) is 1. The van der Waals surface area contributed by atoms with Crippen LogP contribution in [0.5, 0.6) is 0 Å². The van der Waals surface area contributed by atoms with Crippen molar-refractivity contribution in [3.05, 3.63) is 97.3 Å². The van der Waals surface area contributed by atoms with Gasteiger partial charge in [0.05, 0.1) is 30.0 Å². The third-order valence-electron chi connectivity index (χ3n) is 10.3. The number of rotatable bonds is 8. The summed E-state index contributed by atoms with van der Waals surface area (Å²) in [5.74, 6) is -3.40. The van der Waals surface area contributed by atoms with E-state index < -0.39 is 76.9 Å². The SMILES string of the molecule is C[Si]1(C)CCN(c2c(F)cc(N3[C@@H](c4ccc([N+](=O)[O-])cc4)CC[C@@H]3c3cc([N+](=O)[O-])c(NC(=O)[C@@H]4CCCN4C(=O)O)cc3F)cc2F)CC1. The van der Waals surface area contributed by atoms with Crippen LogP contribution in [0, 0.1) is 37.7 Å². The molecule has 3 aliphatic heterocycles. The number of nitro benzene ring substituents is 2. The summed E-state index contributed by atoms with van der Waals surface area (Å²) < 4.78 is 48.0. The molecule has 0 spiro atoms. The maximum absolute atomic E-state index is 16.1. The van der Waals surface area contributed by atoms with Gasteiger partial charge in [0.25, 0.3) is 11.4 Å². The van der Waals surface area contributed by atoms with Crippen LogP contribution in [0.2, 0.25) is 25.2 Å². The minimum atomic E-state index is -1.45. The summed E-state index contributed by atoms with van der Waals surface area (Å²) in [7, 11) is -1.45. The number of carbonyl (C=O) groups is 2. The highest BCUT2D eigenvalue weighted by Gasteiger charge is 2.40. The Morgan fingerprint density at radius 2 is 1.49 bits per heavy atom. The second-order valence-electron chi connectivity index (χ2n) is 14.0. The molecule has 13 nitrogen and oxygen atoms in total.